The number of furan rings is 1. The molecular formula is C25H25N5O4S. The van der Waals surface area contributed by atoms with Crippen molar-refractivity contribution in [2.75, 3.05) is 17.7 Å². The fourth-order valence-electron chi connectivity index (χ4n) is 3.49. The average molecular weight is 492 g/mol. The maximum atomic E-state index is 13.0. The fourth-order valence-corrected chi connectivity index (χ4v) is 4.37. The summed E-state index contributed by atoms with van der Waals surface area (Å²) in [5, 5.41) is 9.77. The molecule has 0 spiro atoms. The number of carbonyl (C=O) groups excluding carboxylic acids is 2. The fraction of sp³-hybridized carbons (Fsp3) is 0.200. The lowest BCUT2D eigenvalue weighted by molar-refractivity contribution is -0.115. The van der Waals surface area contributed by atoms with E-state index in [0.717, 1.165) is 5.56 Å². The maximum Gasteiger partial charge on any atom is 0.343 e. The number of amides is 2. The van der Waals surface area contributed by atoms with Gasteiger partial charge < -0.3 is 14.6 Å². The van der Waals surface area contributed by atoms with Gasteiger partial charge in [0.15, 0.2) is 5.16 Å². The second kappa shape index (κ2) is 11.4. The largest absolute Gasteiger partial charge is 0.467 e. The van der Waals surface area contributed by atoms with Crippen LogP contribution in [-0.2, 0) is 24.3 Å². The van der Waals surface area contributed by atoms with Crippen molar-refractivity contribution in [2.45, 2.75) is 24.7 Å². The Balaban J connectivity index is 1.39. The van der Waals surface area contributed by atoms with E-state index >= 15 is 0 Å². The lowest BCUT2D eigenvalue weighted by atomic mass is 10.1. The molecule has 0 bridgehead atoms. The van der Waals surface area contributed by atoms with Gasteiger partial charge in [0.2, 0.25) is 5.91 Å². The molecule has 35 heavy (non-hydrogen) atoms. The summed E-state index contributed by atoms with van der Waals surface area (Å²) in [5.74, 6) is 0.140. The van der Waals surface area contributed by atoms with Crippen LogP contribution < -0.4 is 15.9 Å². The summed E-state index contributed by atoms with van der Waals surface area (Å²) in [6, 6.07) is 20.3. The van der Waals surface area contributed by atoms with Crippen molar-refractivity contribution in [2.24, 2.45) is 0 Å². The van der Waals surface area contributed by atoms with Crippen molar-refractivity contribution >= 4 is 29.3 Å². The highest BCUT2D eigenvalue weighted by Crippen LogP contribution is 2.22. The summed E-state index contributed by atoms with van der Waals surface area (Å²) in [6.45, 7) is 0.692. The molecule has 0 radical (unpaired) electrons. The minimum atomic E-state index is -0.317. The number of anilines is 1. The van der Waals surface area contributed by atoms with Crippen molar-refractivity contribution in [3.8, 4) is 0 Å². The second-order valence-electron chi connectivity index (χ2n) is 7.72. The molecule has 0 atom stereocenters. The summed E-state index contributed by atoms with van der Waals surface area (Å²) in [4.78, 5) is 39.4. The van der Waals surface area contributed by atoms with Gasteiger partial charge in [0.05, 0.1) is 29.8 Å². The van der Waals surface area contributed by atoms with Gasteiger partial charge in [0.1, 0.15) is 5.76 Å². The van der Waals surface area contributed by atoms with E-state index in [9.17, 15) is 14.4 Å². The third kappa shape index (κ3) is 6.10. The number of thioether (sulfide) groups is 1. The van der Waals surface area contributed by atoms with Crippen molar-refractivity contribution in [3.05, 3.63) is 100 Å². The van der Waals surface area contributed by atoms with Crippen molar-refractivity contribution in [1.82, 2.24) is 20.1 Å². The van der Waals surface area contributed by atoms with Crippen LogP contribution in [0.1, 0.15) is 21.7 Å². The van der Waals surface area contributed by atoms with Crippen LogP contribution in [-0.4, -0.2) is 39.4 Å². The topological polar surface area (TPSA) is 113 Å². The number of aryl methyl sites for hydroxylation is 1. The molecule has 2 N–H and O–H groups in total. The standard InChI is InChI=1S/C25H25N5O4S/c1-29(21-12-6-5-11-20(21)23(32)26-16-19-10-7-15-34-19)22(31)17-35-25-28-27-24(33)30(25)14-13-18-8-3-2-4-9-18/h2-12,15H,13-14,16-17H2,1H3,(H,26,32)(H,27,33). The summed E-state index contributed by atoms with van der Waals surface area (Å²) in [6.07, 6.45) is 2.21. The number of H-pyrrole nitrogens is 1. The van der Waals surface area contributed by atoms with Crippen LogP contribution in [0.2, 0.25) is 0 Å². The lowest BCUT2D eigenvalue weighted by Gasteiger charge is -2.20. The second-order valence-corrected chi connectivity index (χ2v) is 8.66. The Hall–Kier alpha value is -4.05. The number of aromatic nitrogens is 3. The predicted octanol–water partition coefficient (Wildman–Crippen LogP) is 3.09. The Labute approximate surface area is 206 Å². The smallest absolute Gasteiger partial charge is 0.343 e. The Morgan fingerprint density at radius 3 is 2.63 bits per heavy atom. The number of rotatable bonds is 10. The van der Waals surface area contributed by atoms with Crippen molar-refractivity contribution in [3.63, 3.8) is 0 Å². The maximum absolute atomic E-state index is 13.0. The summed E-state index contributed by atoms with van der Waals surface area (Å²) >= 11 is 1.17. The lowest BCUT2D eigenvalue weighted by Crippen LogP contribution is -2.31. The molecule has 9 nitrogen and oxygen atoms in total. The minimum absolute atomic E-state index is 0.0501. The summed E-state index contributed by atoms with van der Waals surface area (Å²) in [5.41, 5.74) is 1.65. The molecular weight excluding hydrogens is 466 g/mol. The van der Waals surface area contributed by atoms with Gasteiger partial charge in [0, 0.05) is 13.6 Å². The van der Waals surface area contributed by atoms with Crippen LogP contribution >= 0.6 is 11.8 Å². The quantitative estimate of drug-likeness (QED) is 0.330. The molecule has 0 aliphatic carbocycles. The van der Waals surface area contributed by atoms with Gasteiger partial charge in [-0.3, -0.25) is 14.2 Å². The highest BCUT2D eigenvalue weighted by Gasteiger charge is 2.20. The molecule has 2 heterocycles. The molecule has 180 valence electrons. The number of carbonyl (C=O) groups is 2. The number of aromatic amines is 1. The Morgan fingerprint density at radius 2 is 1.86 bits per heavy atom. The Kier molecular flexibility index (Phi) is 7.84. The van der Waals surface area contributed by atoms with Crippen LogP contribution in [0.15, 0.2) is 87.4 Å². The van der Waals surface area contributed by atoms with E-state index in [4.69, 9.17) is 4.42 Å². The van der Waals surface area contributed by atoms with E-state index < -0.39 is 0 Å². The zero-order valence-corrected chi connectivity index (χ0v) is 20.0. The van der Waals surface area contributed by atoms with Crippen LogP contribution in [0.25, 0.3) is 0 Å². The molecule has 0 saturated carbocycles. The summed E-state index contributed by atoms with van der Waals surface area (Å²) < 4.78 is 6.78. The zero-order chi connectivity index (χ0) is 24.6. The third-order valence-corrected chi connectivity index (χ3v) is 6.36. The van der Waals surface area contributed by atoms with Crippen LogP contribution in [0.3, 0.4) is 0 Å². The molecule has 0 aliphatic rings. The minimum Gasteiger partial charge on any atom is -0.467 e. The number of hydrogen-bond donors (Lipinski definition) is 2. The molecule has 0 fully saturated rings. The van der Waals surface area contributed by atoms with Gasteiger partial charge in [-0.25, -0.2) is 9.89 Å². The van der Waals surface area contributed by atoms with Gasteiger partial charge in [0.25, 0.3) is 5.91 Å². The Morgan fingerprint density at radius 1 is 1.09 bits per heavy atom. The third-order valence-electron chi connectivity index (χ3n) is 5.40. The molecule has 4 aromatic rings. The SMILES string of the molecule is CN(C(=O)CSc1n[nH]c(=O)n1CCc1ccccc1)c1ccccc1C(=O)NCc1ccco1. The molecule has 2 aromatic heterocycles. The molecule has 2 amide bonds. The van der Waals surface area contributed by atoms with Crippen LogP contribution in [0.4, 0.5) is 5.69 Å². The molecule has 0 aliphatic heterocycles. The molecule has 0 saturated heterocycles. The number of hydrogen-bond acceptors (Lipinski definition) is 6. The number of benzene rings is 2. The van der Waals surface area contributed by atoms with Gasteiger partial charge in [-0.05, 0) is 36.2 Å². The van der Waals surface area contributed by atoms with E-state index in [1.54, 1.807) is 49.7 Å². The first-order valence-electron chi connectivity index (χ1n) is 11.0. The van der Waals surface area contributed by atoms with Crippen LogP contribution in [0, 0.1) is 0 Å². The first-order chi connectivity index (χ1) is 17.0. The average Bonchev–Trinajstić information content (AvgIpc) is 3.54. The van der Waals surface area contributed by atoms with Gasteiger partial charge in [-0.15, -0.1) is 5.10 Å². The number of nitrogens with one attached hydrogen (secondary N) is 2. The van der Waals surface area contributed by atoms with Crippen molar-refractivity contribution in [1.29, 1.82) is 0 Å². The predicted molar refractivity (Wildman–Crippen MR) is 133 cm³/mol. The summed E-state index contributed by atoms with van der Waals surface area (Å²) in [7, 11) is 1.62. The highest BCUT2D eigenvalue weighted by atomic mass is 32.2. The van der Waals surface area contributed by atoms with E-state index in [1.165, 1.54) is 21.2 Å². The number of para-hydroxylation sites is 1. The van der Waals surface area contributed by atoms with E-state index in [-0.39, 0.29) is 29.8 Å². The zero-order valence-electron chi connectivity index (χ0n) is 19.1. The highest BCUT2D eigenvalue weighted by molar-refractivity contribution is 7.99. The first-order valence-corrected chi connectivity index (χ1v) is 12.0. The van der Waals surface area contributed by atoms with E-state index in [2.05, 4.69) is 15.5 Å². The van der Waals surface area contributed by atoms with Gasteiger partial charge in [-0.1, -0.05) is 54.2 Å². The van der Waals surface area contributed by atoms with E-state index in [0.29, 0.717) is 35.1 Å². The normalized spacial score (nSPS) is 10.8. The monoisotopic (exact) mass is 491 g/mol. The van der Waals surface area contributed by atoms with Gasteiger partial charge >= 0.3 is 5.69 Å². The van der Waals surface area contributed by atoms with Crippen LogP contribution in [0.5, 0.6) is 0 Å². The van der Waals surface area contributed by atoms with Gasteiger partial charge in [-0.2, -0.15) is 0 Å². The first kappa shape index (κ1) is 24.1. The molecule has 4 rings (SSSR count). The molecule has 10 heteroatoms. The number of nitrogens with zero attached hydrogens (tertiary/aromatic N) is 3. The molecule has 2 aromatic carbocycles. The Bertz CT molecular complexity index is 1330. The van der Waals surface area contributed by atoms with E-state index in [1.807, 2.05) is 30.3 Å². The molecule has 0 unspecified atom stereocenters. The van der Waals surface area contributed by atoms with Crippen molar-refractivity contribution < 1.29 is 14.0 Å².